The Balaban J connectivity index is 2.00. The molecule has 0 saturated heterocycles. The second-order valence-corrected chi connectivity index (χ2v) is 8.98. The number of carbonyl (C=O) groups excluding carboxylic acids is 2. The molecule has 0 fully saturated rings. The summed E-state index contributed by atoms with van der Waals surface area (Å²) in [6, 6.07) is 14.5. The Kier molecular flexibility index (Phi) is 14.2. The topological polar surface area (TPSA) is 78.7 Å². The van der Waals surface area contributed by atoms with Gasteiger partial charge in [-0.15, -0.1) is 0 Å². The van der Waals surface area contributed by atoms with E-state index < -0.39 is 0 Å². The summed E-state index contributed by atoms with van der Waals surface area (Å²) in [5.74, 6) is 5.20. The summed E-state index contributed by atoms with van der Waals surface area (Å²) in [6.45, 7) is 5.03. The molecule has 0 aliphatic heterocycles. The minimum absolute atomic E-state index is 0.395. The van der Waals surface area contributed by atoms with Crippen LogP contribution < -0.4 is 9.47 Å². The summed E-state index contributed by atoms with van der Waals surface area (Å²) in [5.41, 5.74) is 2.63. The van der Waals surface area contributed by atoms with E-state index in [9.17, 15) is 14.8 Å². The number of ether oxygens (including phenoxy) is 2. The van der Waals surface area contributed by atoms with Crippen molar-refractivity contribution in [2.24, 2.45) is 0 Å². The highest BCUT2D eigenvalue weighted by Gasteiger charge is 2.13. The molecule has 0 aliphatic carbocycles. The van der Waals surface area contributed by atoms with E-state index >= 15 is 0 Å². The molecule has 37 heavy (non-hydrogen) atoms. The van der Waals surface area contributed by atoms with Crippen molar-refractivity contribution in [3.05, 3.63) is 70.4 Å². The smallest absolute Gasteiger partial charge is 0.258 e. The molecule has 0 unspecified atom stereocenters. The van der Waals surface area contributed by atoms with E-state index in [2.05, 4.69) is 25.7 Å². The second kappa shape index (κ2) is 17.8. The zero-order valence-electron chi connectivity index (χ0n) is 22.2. The third-order valence-corrected chi connectivity index (χ3v) is 5.99. The van der Waals surface area contributed by atoms with Crippen molar-refractivity contribution in [1.82, 2.24) is 0 Å². The maximum absolute atomic E-state index is 13.1. The third kappa shape index (κ3) is 10.9. The monoisotopic (exact) mass is 505 g/mol. The first-order valence-corrected chi connectivity index (χ1v) is 13.3. The SMILES string of the molecule is CCCCC(=C=O)CCCOc1ccccc1C=[N+]([O-])c1ccccc1OCCCC(=C=O)CCCC. The van der Waals surface area contributed by atoms with E-state index in [1.54, 1.807) is 18.2 Å². The van der Waals surface area contributed by atoms with Crippen LogP contribution in [0.1, 0.15) is 83.6 Å². The summed E-state index contributed by atoms with van der Waals surface area (Å²) in [4.78, 5) is 22.2. The number of benzene rings is 2. The molecule has 0 N–H and O–H groups in total. The lowest BCUT2D eigenvalue weighted by Gasteiger charge is -2.12. The number of nitrogens with zero attached hydrogens (tertiary/aromatic N) is 1. The maximum Gasteiger partial charge on any atom is 0.258 e. The Morgan fingerprint density at radius 2 is 1.24 bits per heavy atom. The third-order valence-electron chi connectivity index (χ3n) is 5.99. The molecular formula is C31H39NO5. The lowest BCUT2D eigenvalue weighted by Crippen LogP contribution is -2.06. The van der Waals surface area contributed by atoms with E-state index in [0.717, 1.165) is 54.4 Å². The predicted molar refractivity (Wildman–Crippen MR) is 148 cm³/mol. The van der Waals surface area contributed by atoms with Gasteiger partial charge in [0.1, 0.15) is 17.6 Å². The minimum atomic E-state index is 0.395. The molecule has 6 heteroatoms. The normalized spacial score (nSPS) is 10.9. The van der Waals surface area contributed by atoms with Gasteiger partial charge in [0.15, 0.2) is 12.0 Å². The fourth-order valence-electron chi connectivity index (χ4n) is 3.85. The zero-order valence-corrected chi connectivity index (χ0v) is 22.2. The van der Waals surface area contributed by atoms with Crippen LogP contribution in [0, 0.1) is 5.21 Å². The molecule has 0 atom stereocenters. The molecule has 2 rings (SSSR count). The van der Waals surface area contributed by atoms with Crippen LogP contribution in [0.3, 0.4) is 0 Å². The average molecular weight is 506 g/mol. The van der Waals surface area contributed by atoms with Crippen LogP contribution in [-0.4, -0.2) is 36.0 Å². The summed E-state index contributed by atoms with van der Waals surface area (Å²) in [6.07, 6.45) is 9.79. The first-order chi connectivity index (χ1) is 18.1. The van der Waals surface area contributed by atoms with Gasteiger partial charge in [-0.05, 0) is 69.6 Å². The van der Waals surface area contributed by atoms with Gasteiger partial charge in [-0.25, -0.2) is 9.59 Å². The van der Waals surface area contributed by atoms with Gasteiger partial charge in [-0.2, -0.15) is 4.74 Å². The number of allylic oxidation sites excluding steroid dienone is 2. The number of hydrogen-bond donors (Lipinski definition) is 0. The fourth-order valence-corrected chi connectivity index (χ4v) is 3.85. The lowest BCUT2D eigenvalue weighted by molar-refractivity contribution is -0.355. The van der Waals surface area contributed by atoms with Crippen molar-refractivity contribution in [1.29, 1.82) is 0 Å². The van der Waals surface area contributed by atoms with Crippen LogP contribution in [0.2, 0.25) is 0 Å². The molecule has 0 aromatic heterocycles. The molecule has 0 aliphatic rings. The van der Waals surface area contributed by atoms with Crippen molar-refractivity contribution in [2.75, 3.05) is 13.2 Å². The van der Waals surface area contributed by atoms with Gasteiger partial charge in [0.2, 0.25) is 0 Å². The molecule has 198 valence electrons. The average Bonchev–Trinajstić information content (AvgIpc) is 2.93. The Labute approximate surface area is 220 Å². The van der Waals surface area contributed by atoms with E-state index in [1.807, 2.05) is 30.3 Å². The molecule has 2 aromatic rings. The van der Waals surface area contributed by atoms with Crippen LogP contribution in [0.5, 0.6) is 11.5 Å². The van der Waals surface area contributed by atoms with Crippen molar-refractivity contribution >= 4 is 23.8 Å². The lowest BCUT2D eigenvalue weighted by atomic mass is 10.1. The maximum atomic E-state index is 13.1. The first kappa shape index (κ1) is 29.6. The van der Waals surface area contributed by atoms with Gasteiger partial charge in [-0.1, -0.05) is 51.0 Å². The van der Waals surface area contributed by atoms with Gasteiger partial charge in [-0.3, -0.25) is 0 Å². The number of hydrogen-bond acceptors (Lipinski definition) is 5. The van der Waals surface area contributed by atoms with E-state index in [1.165, 1.54) is 6.21 Å². The Hall–Kier alpha value is -3.59. The molecule has 0 radical (unpaired) electrons. The van der Waals surface area contributed by atoms with Crippen molar-refractivity contribution in [3.63, 3.8) is 0 Å². The zero-order chi connectivity index (χ0) is 26.7. The molecule has 2 aromatic carbocycles. The molecule has 6 nitrogen and oxygen atoms in total. The van der Waals surface area contributed by atoms with E-state index in [-0.39, 0.29) is 0 Å². The largest absolute Gasteiger partial charge is 0.618 e. The van der Waals surface area contributed by atoms with Crippen LogP contribution in [0.4, 0.5) is 5.69 Å². The Morgan fingerprint density at radius 1 is 0.757 bits per heavy atom. The number of rotatable bonds is 18. The van der Waals surface area contributed by atoms with Gasteiger partial charge in [0.25, 0.3) is 5.69 Å². The van der Waals surface area contributed by atoms with Crippen molar-refractivity contribution < 1.29 is 23.8 Å². The molecule has 0 bridgehead atoms. The fraction of sp³-hybridized carbons (Fsp3) is 0.452. The van der Waals surface area contributed by atoms with Crippen LogP contribution >= 0.6 is 0 Å². The van der Waals surface area contributed by atoms with Gasteiger partial charge >= 0.3 is 0 Å². The van der Waals surface area contributed by atoms with E-state index in [0.29, 0.717) is 61.6 Å². The predicted octanol–water partition coefficient (Wildman–Crippen LogP) is 7.16. The van der Waals surface area contributed by atoms with Crippen LogP contribution in [0.25, 0.3) is 0 Å². The highest BCUT2D eigenvalue weighted by Crippen LogP contribution is 2.27. The highest BCUT2D eigenvalue weighted by atomic mass is 16.5. The standard InChI is InChI=1S/C31H39NO5/c1-3-5-13-26(24-33)15-11-21-36-30-19-9-7-17-28(30)23-32(35)29-18-8-10-20-31(29)37-22-12-16-27(25-34)14-6-4-2/h7-10,17-20,23H,3-6,11-16,21-22H2,1-2H3. The Bertz CT molecular complexity index is 1090. The van der Waals surface area contributed by atoms with Gasteiger partial charge in [0.05, 0.1) is 18.8 Å². The van der Waals surface area contributed by atoms with Crippen LogP contribution in [0.15, 0.2) is 59.7 Å². The summed E-state index contributed by atoms with van der Waals surface area (Å²) in [7, 11) is 0. The first-order valence-electron chi connectivity index (χ1n) is 13.3. The number of unbranched alkanes of at least 4 members (excludes halogenated alkanes) is 2. The number of para-hydroxylation sites is 3. The second-order valence-electron chi connectivity index (χ2n) is 8.98. The van der Waals surface area contributed by atoms with Gasteiger partial charge < -0.3 is 14.7 Å². The van der Waals surface area contributed by atoms with E-state index in [4.69, 9.17) is 9.47 Å². The quantitative estimate of drug-likeness (QED) is 0.0536. The molecular weight excluding hydrogens is 466 g/mol. The summed E-state index contributed by atoms with van der Waals surface area (Å²) < 4.78 is 12.6. The Morgan fingerprint density at radius 3 is 1.81 bits per heavy atom. The summed E-state index contributed by atoms with van der Waals surface area (Å²) in [5, 5.41) is 13.1. The van der Waals surface area contributed by atoms with Crippen molar-refractivity contribution in [3.8, 4) is 11.5 Å². The summed E-state index contributed by atoms with van der Waals surface area (Å²) >= 11 is 0. The van der Waals surface area contributed by atoms with Crippen LogP contribution in [-0.2, 0) is 9.59 Å². The van der Waals surface area contributed by atoms with Crippen molar-refractivity contribution in [2.45, 2.75) is 78.1 Å². The molecule has 0 heterocycles. The molecule has 0 spiro atoms. The highest BCUT2D eigenvalue weighted by molar-refractivity contribution is 5.81. The molecule has 0 amide bonds. The molecule has 0 saturated carbocycles. The minimum Gasteiger partial charge on any atom is -0.618 e. The van der Waals surface area contributed by atoms with Gasteiger partial charge in [0, 0.05) is 17.2 Å².